The number of amides is 1. The number of rotatable bonds is 5. The van der Waals surface area contributed by atoms with Crippen molar-refractivity contribution in [3.05, 3.63) is 21.9 Å². The van der Waals surface area contributed by atoms with Crippen LogP contribution in [0.2, 0.25) is 0 Å². The summed E-state index contributed by atoms with van der Waals surface area (Å²) >= 11 is 1.57. The summed E-state index contributed by atoms with van der Waals surface area (Å²) in [6, 6.07) is 1.95. The van der Waals surface area contributed by atoms with Crippen LogP contribution in [0.4, 0.5) is 0 Å². The molecule has 21 heavy (non-hydrogen) atoms. The number of aliphatic hydroxyl groups excluding tert-OH is 1. The van der Waals surface area contributed by atoms with Crippen molar-refractivity contribution >= 4 is 17.2 Å². The van der Waals surface area contributed by atoms with Crippen LogP contribution in [0.15, 0.2) is 11.4 Å². The summed E-state index contributed by atoms with van der Waals surface area (Å²) in [6.07, 6.45) is 1.61. The van der Waals surface area contributed by atoms with E-state index in [4.69, 9.17) is 5.11 Å². The van der Waals surface area contributed by atoms with Gasteiger partial charge < -0.3 is 10.4 Å². The van der Waals surface area contributed by atoms with Gasteiger partial charge >= 0.3 is 0 Å². The summed E-state index contributed by atoms with van der Waals surface area (Å²) in [4.78, 5) is 13.0. The van der Waals surface area contributed by atoms with E-state index in [2.05, 4.69) is 44.9 Å². The standard InChI is InChI=1S/C17H25NO2S/c1-13(10-17(2,3)4)8-16(20)18-11-15-9-14(12-21-15)6-5-7-19/h9,12-13,19H,7-8,10-11H2,1-4H3,(H,18,20). The maximum atomic E-state index is 11.9. The van der Waals surface area contributed by atoms with Gasteiger partial charge in [0.15, 0.2) is 0 Å². The Hall–Kier alpha value is -1.31. The molecule has 116 valence electrons. The first-order valence-electron chi connectivity index (χ1n) is 7.24. The van der Waals surface area contributed by atoms with Crippen LogP contribution < -0.4 is 5.32 Å². The fourth-order valence-corrected chi connectivity index (χ4v) is 3.13. The number of carbonyl (C=O) groups is 1. The Bertz CT molecular complexity index is 517. The van der Waals surface area contributed by atoms with Gasteiger partial charge in [-0.3, -0.25) is 4.79 Å². The van der Waals surface area contributed by atoms with Crippen molar-refractivity contribution in [2.75, 3.05) is 6.61 Å². The highest BCUT2D eigenvalue weighted by Crippen LogP contribution is 2.25. The van der Waals surface area contributed by atoms with Gasteiger partial charge in [0, 0.05) is 22.2 Å². The molecule has 0 saturated heterocycles. The lowest BCUT2D eigenvalue weighted by Gasteiger charge is -2.22. The van der Waals surface area contributed by atoms with Crippen LogP contribution >= 0.6 is 11.3 Å². The lowest BCUT2D eigenvalue weighted by molar-refractivity contribution is -0.122. The molecule has 1 amide bonds. The van der Waals surface area contributed by atoms with Crippen LogP contribution in [0.3, 0.4) is 0 Å². The summed E-state index contributed by atoms with van der Waals surface area (Å²) in [6.45, 7) is 9.13. The molecule has 1 unspecified atom stereocenters. The van der Waals surface area contributed by atoms with Gasteiger partial charge in [0.05, 0.1) is 6.54 Å². The molecule has 0 aliphatic rings. The number of thiophene rings is 1. The molecule has 1 rings (SSSR count). The number of carbonyl (C=O) groups excluding carboxylic acids is 1. The van der Waals surface area contributed by atoms with E-state index < -0.39 is 0 Å². The van der Waals surface area contributed by atoms with E-state index in [1.807, 2.05) is 11.4 Å². The molecule has 1 heterocycles. The highest BCUT2D eigenvalue weighted by atomic mass is 32.1. The van der Waals surface area contributed by atoms with Crippen LogP contribution in [0.25, 0.3) is 0 Å². The average Bonchev–Trinajstić information content (AvgIpc) is 2.79. The quantitative estimate of drug-likeness (QED) is 0.821. The maximum absolute atomic E-state index is 11.9. The van der Waals surface area contributed by atoms with Gasteiger partial charge in [-0.1, -0.05) is 39.5 Å². The van der Waals surface area contributed by atoms with Crippen molar-refractivity contribution in [2.45, 2.75) is 47.1 Å². The molecule has 1 atom stereocenters. The molecule has 0 bridgehead atoms. The van der Waals surface area contributed by atoms with Crippen molar-refractivity contribution in [3.63, 3.8) is 0 Å². The van der Waals surface area contributed by atoms with Crippen LogP contribution in [0.1, 0.15) is 51.0 Å². The van der Waals surface area contributed by atoms with Gasteiger partial charge in [-0.25, -0.2) is 0 Å². The van der Waals surface area contributed by atoms with Gasteiger partial charge in [0.2, 0.25) is 5.91 Å². The van der Waals surface area contributed by atoms with Crippen LogP contribution in [0, 0.1) is 23.2 Å². The molecule has 0 aliphatic carbocycles. The Labute approximate surface area is 131 Å². The minimum atomic E-state index is -0.131. The fraction of sp³-hybridized carbons (Fsp3) is 0.588. The number of hydrogen-bond donors (Lipinski definition) is 2. The first kappa shape index (κ1) is 17.7. The lowest BCUT2D eigenvalue weighted by atomic mass is 9.84. The molecule has 1 aromatic heterocycles. The number of nitrogens with one attached hydrogen (secondary N) is 1. The third-order valence-electron chi connectivity index (χ3n) is 2.92. The second-order valence-corrected chi connectivity index (χ2v) is 7.61. The first-order chi connectivity index (χ1) is 9.80. The minimum absolute atomic E-state index is 0.100. The third kappa shape index (κ3) is 7.89. The molecule has 1 aromatic rings. The number of aliphatic hydroxyl groups is 1. The van der Waals surface area contributed by atoms with Crippen LogP contribution in [0.5, 0.6) is 0 Å². The largest absolute Gasteiger partial charge is 0.384 e. The SMILES string of the molecule is CC(CC(=O)NCc1cc(C#CCO)cs1)CC(C)(C)C. The zero-order valence-corrected chi connectivity index (χ0v) is 14.1. The predicted molar refractivity (Wildman–Crippen MR) is 88.0 cm³/mol. The van der Waals surface area contributed by atoms with Gasteiger partial charge in [-0.2, -0.15) is 0 Å². The molecule has 4 heteroatoms. The molecule has 2 N–H and O–H groups in total. The normalized spacial score (nSPS) is 12.4. The summed E-state index contributed by atoms with van der Waals surface area (Å²) in [5.41, 5.74) is 1.15. The van der Waals surface area contributed by atoms with E-state index in [9.17, 15) is 4.79 Å². The van der Waals surface area contributed by atoms with Crippen LogP contribution in [-0.2, 0) is 11.3 Å². The van der Waals surface area contributed by atoms with Gasteiger partial charge in [-0.05, 0) is 23.8 Å². The Kier molecular flexibility index (Phi) is 6.94. The monoisotopic (exact) mass is 307 g/mol. The zero-order chi connectivity index (χ0) is 15.9. The molecular formula is C17H25NO2S. The fourth-order valence-electron chi connectivity index (χ4n) is 2.37. The molecule has 0 radical (unpaired) electrons. The highest BCUT2D eigenvalue weighted by Gasteiger charge is 2.17. The summed E-state index contributed by atoms with van der Waals surface area (Å²) in [5.74, 6) is 5.96. The molecule has 0 saturated carbocycles. The Morgan fingerprint density at radius 2 is 2.19 bits per heavy atom. The first-order valence-corrected chi connectivity index (χ1v) is 8.12. The topological polar surface area (TPSA) is 49.3 Å². The predicted octanol–water partition coefficient (Wildman–Crippen LogP) is 3.17. The lowest BCUT2D eigenvalue weighted by Crippen LogP contribution is -2.25. The Morgan fingerprint density at radius 1 is 1.48 bits per heavy atom. The zero-order valence-electron chi connectivity index (χ0n) is 13.3. The molecule has 0 spiro atoms. The second-order valence-electron chi connectivity index (χ2n) is 6.61. The van der Waals surface area contributed by atoms with E-state index in [-0.39, 0.29) is 17.9 Å². The van der Waals surface area contributed by atoms with Crippen molar-refractivity contribution in [2.24, 2.45) is 11.3 Å². The van der Waals surface area contributed by atoms with Gasteiger partial charge in [0.25, 0.3) is 0 Å². The summed E-state index contributed by atoms with van der Waals surface area (Å²) < 4.78 is 0. The van der Waals surface area contributed by atoms with Crippen molar-refractivity contribution in [1.29, 1.82) is 0 Å². The van der Waals surface area contributed by atoms with Gasteiger partial charge in [0.1, 0.15) is 6.61 Å². The van der Waals surface area contributed by atoms with E-state index in [1.165, 1.54) is 0 Å². The minimum Gasteiger partial charge on any atom is -0.384 e. The highest BCUT2D eigenvalue weighted by molar-refractivity contribution is 7.10. The summed E-state index contributed by atoms with van der Waals surface area (Å²) in [7, 11) is 0. The van der Waals surface area contributed by atoms with Gasteiger partial charge in [-0.15, -0.1) is 11.3 Å². The average molecular weight is 307 g/mol. The maximum Gasteiger partial charge on any atom is 0.220 e. The molecule has 0 fully saturated rings. The smallest absolute Gasteiger partial charge is 0.220 e. The van der Waals surface area contributed by atoms with E-state index >= 15 is 0 Å². The molecular weight excluding hydrogens is 282 g/mol. The van der Waals surface area contributed by atoms with Crippen molar-refractivity contribution < 1.29 is 9.90 Å². The summed E-state index contributed by atoms with van der Waals surface area (Å²) in [5, 5.41) is 13.5. The third-order valence-corrected chi connectivity index (χ3v) is 3.86. The van der Waals surface area contributed by atoms with Crippen LogP contribution in [-0.4, -0.2) is 17.6 Å². The second kappa shape index (κ2) is 8.21. The molecule has 0 aromatic carbocycles. The number of hydrogen-bond acceptors (Lipinski definition) is 3. The Morgan fingerprint density at radius 3 is 2.81 bits per heavy atom. The van der Waals surface area contributed by atoms with E-state index in [0.717, 1.165) is 16.9 Å². The van der Waals surface area contributed by atoms with E-state index in [1.54, 1.807) is 11.3 Å². The van der Waals surface area contributed by atoms with Crippen molar-refractivity contribution in [3.8, 4) is 11.8 Å². The van der Waals surface area contributed by atoms with E-state index in [0.29, 0.717) is 18.9 Å². The molecule has 0 aliphatic heterocycles. The molecule has 3 nitrogen and oxygen atoms in total. The van der Waals surface area contributed by atoms with Crippen molar-refractivity contribution in [1.82, 2.24) is 5.32 Å². The Balaban J connectivity index is 2.37.